The van der Waals surface area contributed by atoms with Gasteiger partial charge in [-0.05, 0) is 28.1 Å². The van der Waals surface area contributed by atoms with Crippen LogP contribution in [-0.2, 0) is 0 Å². The second-order valence-electron chi connectivity index (χ2n) is 3.76. The monoisotopic (exact) mass is 388 g/mol. The van der Waals surface area contributed by atoms with Crippen molar-refractivity contribution in [3.8, 4) is 0 Å². The number of aromatic nitrogens is 1. The number of benzene rings is 1. The van der Waals surface area contributed by atoms with Crippen molar-refractivity contribution in [3.05, 3.63) is 55.6 Å². The Kier molecular flexibility index (Phi) is 4.81. The number of nitro benzene ring substituents is 1. The fraction of sp³-hybridized carbons (Fsp3) is 0. The van der Waals surface area contributed by atoms with E-state index in [1.165, 1.54) is 0 Å². The van der Waals surface area contributed by atoms with Gasteiger partial charge in [0.05, 0.1) is 20.0 Å². The van der Waals surface area contributed by atoms with E-state index in [2.05, 4.69) is 20.9 Å². The average molecular weight is 390 g/mol. The summed E-state index contributed by atoms with van der Waals surface area (Å²) in [6.07, 6.45) is 1.55. The Labute approximate surface area is 136 Å². The summed E-state index contributed by atoms with van der Waals surface area (Å²) < 4.78 is 0.667. The fourth-order valence-electron chi connectivity index (χ4n) is 1.49. The molecule has 1 aromatic heterocycles. The van der Waals surface area contributed by atoms with E-state index in [1.807, 2.05) is 0 Å². The van der Waals surface area contributed by atoms with Crippen LogP contribution in [0.5, 0.6) is 0 Å². The summed E-state index contributed by atoms with van der Waals surface area (Å²) in [5, 5.41) is 20.5. The first-order valence-corrected chi connectivity index (χ1v) is 7.38. The minimum Gasteiger partial charge on any atom is -0.478 e. The molecule has 0 saturated heterocycles. The lowest BCUT2D eigenvalue weighted by atomic mass is 10.2. The molecule has 1 aromatic carbocycles. The van der Waals surface area contributed by atoms with Gasteiger partial charge in [-0.3, -0.25) is 10.1 Å². The predicted octanol–water partition coefficient (Wildman–Crippen LogP) is 4.26. The third-order valence-corrected chi connectivity index (χ3v) is 4.87. The number of nitro groups is 1. The van der Waals surface area contributed by atoms with Crippen LogP contribution < -0.4 is 0 Å². The molecule has 0 radical (unpaired) electrons. The summed E-state index contributed by atoms with van der Waals surface area (Å²) in [5.41, 5.74) is -0.612. The highest BCUT2D eigenvalue weighted by atomic mass is 79.9. The summed E-state index contributed by atoms with van der Waals surface area (Å²) in [4.78, 5) is 25.7. The third-order valence-electron chi connectivity index (χ3n) is 2.39. The molecule has 0 atom stereocenters. The number of non-ortho nitro benzene ring substituents is 1. The number of hydrogen-bond donors (Lipinski definition) is 1. The second-order valence-corrected chi connectivity index (χ2v) is 6.02. The summed E-state index contributed by atoms with van der Waals surface area (Å²) >= 11 is 10.3. The predicted molar refractivity (Wildman–Crippen MR) is 81.1 cm³/mol. The van der Waals surface area contributed by atoms with Crippen molar-refractivity contribution in [1.82, 2.24) is 4.98 Å². The lowest BCUT2D eigenvalue weighted by Crippen LogP contribution is -2.02. The van der Waals surface area contributed by atoms with Crippen LogP contribution in [0, 0.1) is 10.1 Å². The lowest BCUT2D eigenvalue weighted by Gasteiger charge is -2.08. The molecule has 6 nitrogen and oxygen atoms in total. The molecule has 0 amide bonds. The average Bonchev–Trinajstić information content (AvgIpc) is 2.42. The van der Waals surface area contributed by atoms with E-state index in [1.54, 1.807) is 18.3 Å². The molecular weight excluding hydrogens is 384 g/mol. The van der Waals surface area contributed by atoms with Gasteiger partial charge in [-0.15, -0.1) is 0 Å². The molecule has 9 heteroatoms. The first-order chi connectivity index (χ1) is 9.90. The Hall–Kier alpha value is -1.64. The van der Waals surface area contributed by atoms with E-state index in [0.29, 0.717) is 9.50 Å². The summed E-state index contributed by atoms with van der Waals surface area (Å²) in [7, 11) is 0. The summed E-state index contributed by atoms with van der Waals surface area (Å²) in [6.45, 7) is 0. The Morgan fingerprint density at radius 3 is 2.76 bits per heavy atom. The number of pyridine rings is 1. The fourth-order valence-corrected chi connectivity index (χ4v) is 3.20. The summed E-state index contributed by atoms with van der Waals surface area (Å²) in [5.74, 6) is -1.30. The van der Waals surface area contributed by atoms with Crippen LogP contribution in [0.2, 0.25) is 5.02 Å². The highest BCUT2D eigenvalue weighted by Crippen LogP contribution is 2.40. The van der Waals surface area contributed by atoms with Crippen LogP contribution in [0.1, 0.15) is 10.4 Å². The number of carboxylic acid groups (broad SMARTS) is 1. The molecule has 0 bridgehead atoms. The van der Waals surface area contributed by atoms with E-state index in [9.17, 15) is 20.0 Å². The lowest BCUT2D eigenvalue weighted by molar-refractivity contribution is -0.384. The Morgan fingerprint density at radius 2 is 2.19 bits per heavy atom. The van der Waals surface area contributed by atoms with Crippen LogP contribution in [0.3, 0.4) is 0 Å². The number of hydrogen-bond acceptors (Lipinski definition) is 5. The zero-order valence-corrected chi connectivity index (χ0v) is 13.3. The maximum Gasteiger partial charge on any atom is 0.337 e. The van der Waals surface area contributed by atoms with Crippen molar-refractivity contribution in [2.45, 2.75) is 9.92 Å². The van der Waals surface area contributed by atoms with Gasteiger partial charge in [-0.1, -0.05) is 23.4 Å². The Morgan fingerprint density at radius 1 is 1.48 bits per heavy atom. The van der Waals surface area contributed by atoms with Gasteiger partial charge in [-0.25, -0.2) is 9.78 Å². The molecule has 0 aliphatic carbocycles. The van der Waals surface area contributed by atoms with Crippen molar-refractivity contribution >= 4 is 50.9 Å². The molecule has 2 rings (SSSR count). The smallest absolute Gasteiger partial charge is 0.337 e. The highest BCUT2D eigenvalue weighted by molar-refractivity contribution is 9.10. The minimum absolute atomic E-state index is 0.0100. The maximum absolute atomic E-state index is 11.3. The van der Waals surface area contributed by atoms with Crippen LogP contribution >= 0.6 is 39.3 Å². The largest absolute Gasteiger partial charge is 0.478 e. The first-order valence-electron chi connectivity index (χ1n) is 5.39. The third kappa shape index (κ3) is 3.52. The van der Waals surface area contributed by atoms with Gasteiger partial charge in [0.15, 0.2) is 0 Å². The van der Waals surface area contributed by atoms with Crippen LogP contribution in [-0.4, -0.2) is 21.0 Å². The van der Waals surface area contributed by atoms with E-state index in [0.717, 1.165) is 23.9 Å². The molecule has 0 aliphatic rings. The molecule has 0 fully saturated rings. The second kappa shape index (κ2) is 6.42. The summed E-state index contributed by atoms with van der Waals surface area (Å²) in [6, 6.07) is 5.55. The van der Waals surface area contributed by atoms with Crippen molar-refractivity contribution in [2.75, 3.05) is 0 Å². The zero-order chi connectivity index (χ0) is 15.6. The number of carboxylic acids is 1. The number of halogens is 2. The normalized spacial score (nSPS) is 10.4. The molecule has 0 unspecified atom stereocenters. The van der Waals surface area contributed by atoms with Crippen molar-refractivity contribution < 1.29 is 14.8 Å². The molecule has 2 aromatic rings. The van der Waals surface area contributed by atoms with Crippen LogP contribution in [0.15, 0.2) is 44.9 Å². The molecule has 1 N–H and O–H groups in total. The number of carbonyl (C=O) groups is 1. The Balaban J connectivity index is 2.55. The van der Waals surface area contributed by atoms with Gasteiger partial charge in [0.2, 0.25) is 0 Å². The van der Waals surface area contributed by atoms with Gasteiger partial charge >= 0.3 is 5.97 Å². The van der Waals surface area contributed by atoms with Crippen LogP contribution in [0.25, 0.3) is 0 Å². The molecule has 0 aliphatic heterocycles. The molecule has 0 saturated carbocycles. The molecule has 108 valence electrons. The number of nitrogens with zero attached hydrogens (tertiary/aromatic N) is 2. The quantitative estimate of drug-likeness (QED) is 0.620. The van der Waals surface area contributed by atoms with Gasteiger partial charge in [0.1, 0.15) is 5.03 Å². The molecule has 1 heterocycles. The standard InChI is InChI=1S/C12H6BrClN2O4S/c13-8-2-1-3-15-11(8)21-10-7(12(17)18)4-6(16(19)20)5-9(10)14/h1-5H,(H,17,18). The van der Waals surface area contributed by atoms with Crippen molar-refractivity contribution in [1.29, 1.82) is 0 Å². The van der Waals surface area contributed by atoms with Gasteiger partial charge in [0.25, 0.3) is 5.69 Å². The zero-order valence-electron chi connectivity index (χ0n) is 10.1. The molecule has 0 spiro atoms. The molecule has 21 heavy (non-hydrogen) atoms. The maximum atomic E-state index is 11.3. The van der Waals surface area contributed by atoms with Crippen molar-refractivity contribution in [3.63, 3.8) is 0 Å². The van der Waals surface area contributed by atoms with Gasteiger partial charge in [0, 0.05) is 23.2 Å². The van der Waals surface area contributed by atoms with E-state index >= 15 is 0 Å². The van der Waals surface area contributed by atoms with Crippen LogP contribution in [0.4, 0.5) is 5.69 Å². The SMILES string of the molecule is O=C(O)c1cc([N+](=O)[O-])cc(Cl)c1Sc1ncccc1Br. The van der Waals surface area contributed by atoms with Gasteiger partial charge < -0.3 is 5.11 Å². The first kappa shape index (κ1) is 15.7. The van der Waals surface area contributed by atoms with Crippen molar-refractivity contribution in [2.24, 2.45) is 0 Å². The minimum atomic E-state index is -1.30. The highest BCUT2D eigenvalue weighted by Gasteiger charge is 2.21. The van der Waals surface area contributed by atoms with E-state index in [4.69, 9.17) is 11.6 Å². The number of aromatic carboxylic acids is 1. The van der Waals surface area contributed by atoms with Gasteiger partial charge in [-0.2, -0.15) is 0 Å². The van der Waals surface area contributed by atoms with E-state index < -0.39 is 10.9 Å². The number of rotatable bonds is 4. The Bertz CT molecular complexity index is 741. The van der Waals surface area contributed by atoms with E-state index in [-0.39, 0.29) is 21.2 Å². The topological polar surface area (TPSA) is 93.3 Å². The molecular formula is C12H6BrClN2O4S.